The molecule has 0 radical (unpaired) electrons. The molecule has 0 atom stereocenters. The molecule has 2 rings (SSSR count). The van der Waals surface area contributed by atoms with Crippen LogP contribution in [0.25, 0.3) is 10.2 Å². The van der Waals surface area contributed by atoms with Gasteiger partial charge in [0.15, 0.2) is 0 Å². The molecule has 72 valence electrons. The van der Waals surface area contributed by atoms with Crippen molar-refractivity contribution in [2.24, 2.45) is 0 Å². The molecule has 2 aromatic heterocycles. The first-order valence-electron chi connectivity index (χ1n) is 3.35. The molecule has 2 heterocycles. The number of thiophene rings is 1. The fourth-order valence-corrected chi connectivity index (χ4v) is 2.33. The van der Waals surface area contributed by atoms with E-state index in [0.29, 0.717) is 10.2 Å². The van der Waals surface area contributed by atoms with Crippen LogP contribution in [0.5, 0.6) is 0 Å². The zero-order valence-corrected chi connectivity index (χ0v) is 8.73. The van der Waals surface area contributed by atoms with Crippen LogP contribution in [0.1, 0.15) is 0 Å². The third kappa shape index (κ3) is 1.52. The second kappa shape index (κ2) is 3.30. The molecule has 2 aromatic rings. The van der Waals surface area contributed by atoms with Crippen LogP contribution in [0, 0.1) is 10.1 Å². The van der Waals surface area contributed by atoms with Crippen LogP contribution in [0.2, 0.25) is 10.4 Å². The first-order valence-corrected chi connectivity index (χ1v) is 4.92. The van der Waals surface area contributed by atoms with Gasteiger partial charge in [-0.1, -0.05) is 11.6 Å². The molecule has 0 saturated carbocycles. The van der Waals surface area contributed by atoms with Gasteiger partial charge in [-0.2, -0.15) is 0 Å². The van der Waals surface area contributed by atoms with Crippen LogP contribution in [0.4, 0.5) is 5.00 Å². The van der Waals surface area contributed by atoms with Crippen LogP contribution >= 0.6 is 34.5 Å². The highest BCUT2D eigenvalue weighted by molar-refractivity contribution is 7.21. The molecule has 0 aliphatic rings. The van der Waals surface area contributed by atoms with Gasteiger partial charge in [-0.05, 0) is 22.9 Å². The number of fused-ring (bicyclic) bond motifs is 1. The maximum Gasteiger partial charge on any atom is 0.326 e. The van der Waals surface area contributed by atoms with Gasteiger partial charge in [-0.25, -0.2) is 9.97 Å². The monoisotopic (exact) mass is 249 g/mol. The smallest absolute Gasteiger partial charge is 0.258 e. The van der Waals surface area contributed by atoms with Crippen molar-refractivity contribution in [2.45, 2.75) is 0 Å². The van der Waals surface area contributed by atoms with Crippen molar-refractivity contribution in [1.82, 2.24) is 9.97 Å². The third-order valence-electron chi connectivity index (χ3n) is 1.49. The maximum atomic E-state index is 10.5. The van der Waals surface area contributed by atoms with E-state index in [1.165, 1.54) is 6.07 Å². The van der Waals surface area contributed by atoms with Gasteiger partial charge < -0.3 is 0 Å². The second-order valence-corrected chi connectivity index (χ2v) is 4.05. The molecule has 0 unspecified atom stereocenters. The summed E-state index contributed by atoms with van der Waals surface area (Å²) >= 11 is 12.2. The fourth-order valence-electron chi connectivity index (χ4n) is 0.940. The molecule has 0 N–H and O–H groups in total. The lowest BCUT2D eigenvalue weighted by atomic mass is 10.4. The van der Waals surface area contributed by atoms with Gasteiger partial charge in [-0.15, -0.1) is 0 Å². The topological polar surface area (TPSA) is 68.9 Å². The van der Waals surface area contributed by atoms with Gasteiger partial charge in [-0.3, -0.25) is 10.1 Å². The minimum absolute atomic E-state index is 0.0146. The average Bonchev–Trinajstić information content (AvgIpc) is 2.47. The van der Waals surface area contributed by atoms with Gasteiger partial charge in [0.1, 0.15) is 9.98 Å². The summed E-state index contributed by atoms with van der Waals surface area (Å²) in [5.74, 6) is 0. The largest absolute Gasteiger partial charge is 0.326 e. The van der Waals surface area contributed by atoms with Crippen molar-refractivity contribution in [3.63, 3.8) is 0 Å². The summed E-state index contributed by atoms with van der Waals surface area (Å²) in [5, 5.41) is 11.0. The molecule has 0 saturated heterocycles. The average molecular weight is 250 g/mol. The number of nitro groups is 1. The maximum absolute atomic E-state index is 10.5. The zero-order chi connectivity index (χ0) is 10.3. The summed E-state index contributed by atoms with van der Waals surface area (Å²) in [6, 6.07) is 1.33. The predicted octanol–water partition coefficient (Wildman–Crippen LogP) is 2.91. The molecule has 0 spiro atoms. The number of nitrogens with zero attached hydrogens (tertiary/aromatic N) is 3. The van der Waals surface area contributed by atoms with Gasteiger partial charge >= 0.3 is 5.00 Å². The number of rotatable bonds is 1. The van der Waals surface area contributed by atoms with Crippen LogP contribution < -0.4 is 0 Å². The van der Waals surface area contributed by atoms with E-state index in [0.717, 1.165) is 11.3 Å². The van der Waals surface area contributed by atoms with Crippen LogP contribution in [-0.2, 0) is 0 Å². The van der Waals surface area contributed by atoms with E-state index >= 15 is 0 Å². The van der Waals surface area contributed by atoms with Crippen LogP contribution in [-0.4, -0.2) is 14.9 Å². The molecule has 0 bridgehead atoms. The summed E-state index contributed by atoms with van der Waals surface area (Å²) < 4.78 is 0. The lowest BCUT2D eigenvalue weighted by molar-refractivity contribution is -0.380. The Labute approximate surface area is 91.5 Å². The molecule has 0 amide bonds. The second-order valence-electron chi connectivity index (χ2n) is 2.34. The highest BCUT2D eigenvalue weighted by atomic mass is 35.5. The summed E-state index contributed by atoms with van der Waals surface area (Å²) in [6.07, 6.45) is 0. The minimum atomic E-state index is -0.503. The van der Waals surface area contributed by atoms with E-state index in [9.17, 15) is 10.1 Å². The Morgan fingerprint density at radius 3 is 2.79 bits per heavy atom. The minimum Gasteiger partial charge on any atom is -0.258 e. The van der Waals surface area contributed by atoms with E-state index < -0.39 is 4.92 Å². The molecule has 0 aliphatic carbocycles. The SMILES string of the molecule is O=[N+]([O-])c1cc2c(Cl)nc(Cl)nc2s1. The molecule has 0 aliphatic heterocycles. The van der Waals surface area contributed by atoms with Gasteiger partial charge in [0.2, 0.25) is 5.28 Å². The van der Waals surface area contributed by atoms with Crippen LogP contribution in [0.3, 0.4) is 0 Å². The molecular weight excluding hydrogens is 249 g/mol. The molecular formula is C6HCl2N3O2S. The Morgan fingerprint density at radius 2 is 2.14 bits per heavy atom. The molecule has 0 fully saturated rings. The lowest BCUT2D eigenvalue weighted by Gasteiger charge is -1.91. The van der Waals surface area contributed by atoms with Gasteiger partial charge in [0, 0.05) is 6.07 Å². The molecule has 8 heteroatoms. The first kappa shape index (κ1) is 9.57. The van der Waals surface area contributed by atoms with E-state index in [-0.39, 0.29) is 15.4 Å². The van der Waals surface area contributed by atoms with Crippen molar-refractivity contribution >= 4 is 49.8 Å². The summed E-state index contributed by atoms with van der Waals surface area (Å²) in [6.45, 7) is 0. The quantitative estimate of drug-likeness (QED) is 0.337. The Hall–Kier alpha value is -0.980. The number of hydrogen-bond acceptors (Lipinski definition) is 5. The van der Waals surface area contributed by atoms with E-state index in [2.05, 4.69) is 9.97 Å². The third-order valence-corrected chi connectivity index (χ3v) is 2.92. The van der Waals surface area contributed by atoms with Crippen molar-refractivity contribution < 1.29 is 4.92 Å². The number of hydrogen-bond donors (Lipinski definition) is 0. The summed E-state index contributed by atoms with van der Waals surface area (Å²) in [7, 11) is 0. The standard InChI is InChI=1S/C6HCl2N3O2S/c7-4-2-1-3(11(12)13)14-5(2)10-6(8)9-4/h1H. The van der Waals surface area contributed by atoms with Gasteiger partial charge in [0.25, 0.3) is 0 Å². The van der Waals surface area contributed by atoms with Crippen molar-refractivity contribution in [2.75, 3.05) is 0 Å². The van der Waals surface area contributed by atoms with Crippen LogP contribution in [0.15, 0.2) is 6.07 Å². The Morgan fingerprint density at radius 1 is 1.43 bits per heavy atom. The molecule has 5 nitrogen and oxygen atoms in total. The summed E-state index contributed by atoms with van der Waals surface area (Å²) in [4.78, 5) is 17.9. The predicted molar refractivity (Wildman–Crippen MR) is 54.1 cm³/mol. The lowest BCUT2D eigenvalue weighted by Crippen LogP contribution is -1.81. The van der Waals surface area contributed by atoms with Crippen molar-refractivity contribution in [1.29, 1.82) is 0 Å². The Balaban J connectivity index is 2.76. The zero-order valence-electron chi connectivity index (χ0n) is 6.40. The normalized spacial score (nSPS) is 10.7. The molecule has 0 aromatic carbocycles. The highest BCUT2D eigenvalue weighted by Crippen LogP contribution is 2.33. The number of halogens is 2. The first-order chi connectivity index (χ1) is 6.58. The number of aromatic nitrogens is 2. The summed E-state index contributed by atoms with van der Waals surface area (Å²) in [5.41, 5.74) is 0. The van der Waals surface area contributed by atoms with Gasteiger partial charge in [0.05, 0.1) is 10.3 Å². The highest BCUT2D eigenvalue weighted by Gasteiger charge is 2.15. The Bertz CT molecular complexity index is 527. The Kier molecular flexibility index (Phi) is 2.26. The van der Waals surface area contributed by atoms with E-state index in [1.54, 1.807) is 0 Å². The van der Waals surface area contributed by atoms with Crippen molar-refractivity contribution in [3.8, 4) is 0 Å². The van der Waals surface area contributed by atoms with E-state index in [4.69, 9.17) is 23.2 Å². The van der Waals surface area contributed by atoms with Crippen molar-refractivity contribution in [3.05, 3.63) is 26.6 Å². The van der Waals surface area contributed by atoms with E-state index in [1.807, 2.05) is 0 Å². The molecule has 14 heavy (non-hydrogen) atoms. The fraction of sp³-hybridized carbons (Fsp3) is 0.